The Kier molecular flexibility index (Phi) is 6.41. The predicted molar refractivity (Wildman–Crippen MR) is 114 cm³/mol. The zero-order valence-corrected chi connectivity index (χ0v) is 17.2. The van der Waals surface area contributed by atoms with Crippen molar-refractivity contribution in [2.75, 3.05) is 26.6 Å². The maximum absolute atomic E-state index is 12.8. The smallest absolute Gasteiger partial charge is 0.340 e. The van der Waals surface area contributed by atoms with Crippen molar-refractivity contribution in [1.29, 1.82) is 0 Å². The molecule has 7 heteroatoms. The fourth-order valence-electron chi connectivity index (χ4n) is 3.04. The predicted octanol–water partition coefficient (Wildman–Crippen LogP) is 4.05. The molecule has 0 aliphatic heterocycles. The SMILES string of the molecule is COC(=O)c1cc(OC)c(OC)cc1NC(=O)C(C)Oc1cccc2ccccc12. The van der Waals surface area contributed by atoms with Crippen LogP contribution in [0, 0.1) is 0 Å². The van der Waals surface area contributed by atoms with E-state index in [0.29, 0.717) is 17.2 Å². The van der Waals surface area contributed by atoms with Gasteiger partial charge < -0.3 is 24.3 Å². The lowest BCUT2D eigenvalue weighted by molar-refractivity contribution is -0.122. The molecule has 0 aromatic heterocycles. The van der Waals surface area contributed by atoms with E-state index in [1.807, 2.05) is 42.5 Å². The van der Waals surface area contributed by atoms with Gasteiger partial charge >= 0.3 is 5.97 Å². The van der Waals surface area contributed by atoms with Crippen LogP contribution in [0.1, 0.15) is 17.3 Å². The first-order chi connectivity index (χ1) is 14.5. The molecule has 1 atom stereocenters. The quantitative estimate of drug-likeness (QED) is 0.593. The molecule has 1 N–H and O–H groups in total. The molecule has 1 amide bonds. The standard InChI is InChI=1S/C23H23NO6/c1-14(30-19-11-7-9-15-8-5-6-10-16(15)19)22(25)24-18-13-21(28-3)20(27-2)12-17(18)23(26)29-4/h5-14H,1-4H3,(H,24,25). The zero-order valence-electron chi connectivity index (χ0n) is 17.2. The summed E-state index contributed by atoms with van der Waals surface area (Å²) in [6.07, 6.45) is -0.825. The van der Waals surface area contributed by atoms with Crippen LogP contribution >= 0.6 is 0 Å². The van der Waals surface area contributed by atoms with Crippen LogP contribution in [0.3, 0.4) is 0 Å². The van der Waals surface area contributed by atoms with Gasteiger partial charge in [0.2, 0.25) is 0 Å². The molecule has 0 saturated carbocycles. The minimum atomic E-state index is -0.825. The molecule has 3 aromatic rings. The molecule has 0 bridgehead atoms. The van der Waals surface area contributed by atoms with Crippen LogP contribution in [-0.2, 0) is 9.53 Å². The van der Waals surface area contributed by atoms with E-state index in [-0.39, 0.29) is 11.3 Å². The highest BCUT2D eigenvalue weighted by Crippen LogP contribution is 2.34. The molecule has 156 valence electrons. The van der Waals surface area contributed by atoms with E-state index >= 15 is 0 Å². The Balaban J connectivity index is 1.86. The monoisotopic (exact) mass is 409 g/mol. The number of hydrogen-bond donors (Lipinski definition) is 1. The topological polar surface area (TPSA) is 83.1 Å². The number of carbonyl (C=O) groups excluding carboxylic acids is 2. The number of rotatable bonds is 7. The molecule has 1 unspecified atom stereocenters. The first-order valence-electron chi connectivity index (χ1n) is 9.28. The summed E-state index contributed by atoms with van der Waals surface area (Å²) in [5.74, 6) is 0.254. The van der Waals surface area contributed by atoms with Crippen molar-refractivity contribution < 1.29 is 28.5 Å². The highest BCUT2D eigenvalue weighted by Gasteiger charge is 2.22. The third-order valence-electron chi connectivity index (χ3n) is 4.61. The summed E-state index contributed by atoms with van der Waals surface area (Å²) in [5, 5.41) is 4.63. The number of nitrogens with one attached hydrogen (secondary N) is 1. The number of hydrogen-bond acceptors (Lipinski definition) is 6. The first kappa shape index (κ1) is 21.0. The second-order valence-corrected chi connectivity index (χ2v) is 6.47. The Morgan fingerprint density at radius 2 is 1.53 bits per heavy atom. The molecule has 7 nitrogen and oxygen atoms in total. The third-order valence-corrected chi connectivity index (χ3v) is 4.61. The number of methoxy groups -OCH3 is 3. The average molecular weight is 409 g/mol. The fourth-order valence-corrected chi connectivity index (χ4v) is 3.04. The van der Waals surface area contributed by atoms with Crippen molar-refractivity contribution in [3.8, 4) is 17.2 Å². The summed E-state index contributed by atoms with van der Waals surface area (Å²) in [4.78, 5) is 25.0. The lowest BCUT2D eigenvalue weighted by Crippen LogP contribution is -2.31. The van der Waals surface area contributed by atoms with Gasteiger partial charge in [-0.25, -0.2) is 4.79 Å². The van der Waals surface area contributed by atoms with Crippen molar-refractivity contribution in [3.63, 3.8) is 0 Å². The molecule has 0 heterocycles. The van der Waals surface area contributed by atoms with E-state index in [2.05, 4.69) is 5.32 Å². The first-order valence-corrected chi connectivity index (χ1v) is 9.28. The Morgan fingerprint density at radius 1 is 0.867 bits per heavy atom. The number of benzene rings is 3. The van der Waals surface area contributed by atoms with Gasteiger partial charge in [-0.15, -0.1) is 0 Å². The van der Waals surface area contributed by atoms with E-state index in [4.69, 9.17) is 18.9 Å². The van der Waals surface area contributed by atoms with Crippen LogP contribution in [0.2, 0.25) is 0 Å². The van der Waals surface area contributed by atoms with Crippen molar-refractivity contribution in [2.24, 2.45) is 0 Å². The molecule has 3 aromatic carbocycles. The zero-order chi connectivity index (χ0) is 21.7. The summed E-state index contributed by atoms with van der Waals surface area (Å²) < 4.78 is 21.2. The molecule has 30 heavy (non-hydrogen) atoms. The number of fused-ring (bicyclic) bond motifs is 1. The fraction of sp³-hybridized carbons (Fsp3) is 0.217. The maximum Gasteiger partial charge on any atom is 0.340 e. The van der Waals surface area contributed by atoms with E-state index in [1.165, 1.54) is 33.5 Å². The van der Waals surface area contributed by atoms with E-state index in [9.17, 15) is 9.59 Å². The Morgan fingerprint density at radius 3 is 2.23 bits per heavy atom. The van der Waals surface area contributed by atoms with E-state index < -0.39 is 18.0 Å². The summed E-state index contributed by atoms with van der Waals surface area (Å²) in [6, 6.07) is 16.4. The van der Waals surface area contributed by atoms with Gasteiger partial charge in [-0.3, -0.25) is 4.79 Å². The summed E-state index contributed by atoms with van der Waals surface area (Å²) in [5.41, 5.74) is 0.374. The van der Waals surface area contributed by atoms with Gasteiger partial charge in [0.25, 0.3) is 5.91 Å². The van der Waals surface area contributed by atoms with Gasteiger partial charge in [-0.05, 0) is 18.4 Å². The van der Waals surface area contributed by atoms with E-state index in [1.54, 1.807) is 6.92 Å². The number of ether oxygens (including phenoxy) is 4. The molecular formula is C23H23NO6. The van der Waals surface area contributed by atoms with Crippen LogP contribution in [0.5, 0.6) is 17.2 Å². The normalized spacial score (nSPS) is 11.5. The molecule has 0 aliphatic rings. The molecular weight excluding hydrogens is 386 g/mol. The van der Waals surface area contributed by atoms with Crippen LogP contribution in [0.15, 0.2) is 54.6 Å². The largest absolute Gasteiger partial charge is 0.493 e. The lowest BCUT2D eigenvalue weighted by atomic mass is 10.1. The van der Waals surface area contributed by atoms with E-state index in [0.717, 1.165) is 10.8 Å². The molecule has 0 saturated heterocycles. The second-order valence-electron chi connectivity index (χ2n) is 6.47. The summed E-state index contributed by atoms with van der Waals surface area (Å²) in [6.45, 7) is 1.63. The lowest BCUT2D eigenvalue weighted by Gasteiger charge is -2.18. The Hall–Kier alpha value is -3.74. The Labute approximate surface area is 174 Å². The van der Waals surface area contributed by atoms with Crippen LogP contribution in [0.4, 0.5) is 5.69 Å². The highest BCUT2D eigenvalue weighted by molar-refractivity contribution is 6.03. The average Bonchev–Trinajstić information content (AvgIpc) is 2.78. The molecule has 0 radical (unpaired) electrons. The van der Waals surface area contributed by atoms with Crippen LogP contribution in [0.25, 0.3) is 10.8 Å². The van der Waals surface area contributed by atoms with Crippen molar-refractivity contribution in [1.82, 2.24) is 0 Å². The molecule has 0 fully saturated rings. The highest BCUT2D eigenvalue weighted by atomic mass is 16.5. The number of anilines is 1. The minimum Gasteiger partial charge on any atom is -0.493 e. The molecule has 0 spiro atoms. The van der Waals surface area contributed by atoms with Crippen LogP contribution < -0.4 is 19.5 Å². The van der Waals surface area contributed by atoms with Crippen LogP contribution in [-0.4, -0.2) is 39.3 Å². The van der Waals surface area contributed by atoms with Crippen molar-refractivity contribution >= 4 is 28.3 Å². The number of carbonyl (C=O) groups is 2. The maximum atomic E-state index is 12.8. The molecule has 0 aliphatic carbocycles. The van der Waals surface area contributed by atoms with Gasteiger partial charge in [0.05, 0.1) is 32.6 Å². The minimum absolute atomic E-state index is 0.140. The van der Waals surface area contributed by atoms with Crippen molar-refractivity contribution in [3.05, 3.63) is 60.2 Å². The van der Waals surface area contributed by atoms with Crippen molar-refractivity contribution in [2.45, 2.75) is 13.0 Å². The summed E-state index contributed by atoms with van der Waals surface area (Å²) >= 11 is 0. The number of esters is 1. The van der Waals surface area contributed by atoms with Gasteiger partial charge in [-0.1, -0.05) is 36.4 Å². The third kappa shape index (κ3) is 4.30. The van der Waals surface area contributed by atoms with Gasteiger partial charge in [0.15, 0.2) is 17.6 Å². The van der Waals surface area contributed by atoms with Gasteiger partial charge in [-0.2, -0.15) is 0 Å². The Bertz CT molecular complexity index is 1070. The summed E-state index contributed by atoms with van der Waals surface area (Å²) in [7, 11) is 4.18. The number of amides is 1. The van der Waals surface area contributed by atoms with Gasteiger partial charge in [0.1, 0.15) is 5.75 Å². The second kappa shape index (κ2) is 9.17. The molecule has 3 rings (SSSR count). The van der Waals surface area contributed by atoms with Gasteiger partial charge in [0, 0.05) is 17.5 Å².